The van der Waals surface area contributed by atoms with Crippen molar-refractivity contribution in [1.82, 2.24) is 14.2 Å². The zero-order valence-corrected chi connectivity index (χ0v) is 14.0. The molecule has 0 aliphatic carbocycles. The number of aromatic nitrogens is 1. The minimum absolute atomic E-state index is 0.0272. The summed E-state index contributed by atoms with van der Waals surface area (Å²) in [4.78, 5) is 18.4. The summed E-state index contributed by atoms with van der Waals surface area (Å²) in [5.41, 5.74) is 2.25. The van der Waals surface area contributed by atoms with Crippen LogP contribution in [0.5, 0.6) is 0 Å². The third kappa shape index (κ3) is 2.67. The fraction of sp³-hybridized carbons (Fsp3) is 0.714. The van der Waals surface area contributed by atoms with Crippen molar-refractivity contribution in [3.63, 3.8) is 0 Å². The summed E-state index contributed by atoms with van der Waals surface area (Å²) in [7, 11) is 1.85. The maximum Gasteiger partial charge on any atom is 0.327 e. The molecule has 2 heterocycles. The lowest BCUT2D eigenvalue weighted by atomic mass is 10.1. The molecule has 1 aromatic rings. The molecule has 5 nitrogen and oxygen atoms in total. The van der Waals surface area contributed by atoms with Crippen LogP contribution in [0.3, 0.4) is 0 Å². The standard InChI is InChI=1S/C14H24N4OS/c1-7-11-10(2)12(20-15-11)18-9-17(14(3,4)5)8-16(6)13(18)19/h7-9H2,1-6H3. The first-order valence-electron chi connectivity index (χ1n) is 6.98. The number of rotatable bonds is 2. The number of carbonyl (C=O) groups is 1. The molecule has 1 aliphatic heterocycles. The van der Waals surface area contributed by atoms with Gasteiger partial charge in [-0.3, -0.25) is 9.80 Å². The molecule has 0 bridgehead atoms. The number of hydrogen-bond donors (Lipinski definition) is 0. The smallest absolute Gasteiger partial charge is 0.314 e. The Hall–Kier alpha value is -1.14. The van der Waals surface area contributed by atoms with Gasteiger partial charge in [-0.2, -0.15) is 4.37 Å². The predicted molar refractivity (Wildman–Crippen MR) is 83.2 cm³/mol. The van der Waals surface area contributed by atoms with E-state index < -0.39 is 0 Å². The minimum Gasteiger partial charge on any atom is -0.314 e. The van der Waals surface area contributed by atoms with E-state index in [2.05, 4.69) is 43.9 Å². The zero-order valence-electron chi connectivity index (χ0n) is 13.2. The molecule has 2 amide bonds. The van der Waals surface area contributed by atoms with Gasteiger partial charge in [-0.15, -0.1) is 0 Å². The highest BCUT2D eigenvalue weighted by molar-refractivity contribution is 7.10. The van der Waals surface area contributed by atoms with Gasteiger partial charge < -0.3 is 4.90 Å². The van der Waals surface area contributed by atoms with Crippen LogP contribution in [0.1, 0.15) is 39.0 Å². The molecule has 20 heavy (non-hydrogen) atoms. The van der Waals surface area contributed by atoms with Crippen LogP contribution >= 0.6 is 11.5 Å². The minimum atomic E-state index is 0.0272. The number of hydrogen-bond acceptors (Lipinski definition) is 4. The molecule has 1 saturated heterocycles. The average Bonchev–Trinajstić information content (AvgIpc) is 2.72. The number of anilines is 1. The average molecular weight is 296 g/mol. The molecule has 0 atom stereocenters. The maximum absolute atomic E-state index is 12.5. The molecule has 6 heteroatoms. The van der Waals surface area contributed by atoms with Crippen LogP contribution in [0.4, 0.5) is 9.80 Å². The van der Waals surface area contributed by atoms with Crippen LogP contribution < -0.4 is 4.90 Å². The Morgan fingerprint density at radius 3 is 2.45 bits per heavy atom. The SMILES string of the molecule is CCc1nsc(N2CN(C(C)(C)C)CN(C)C2=O)c1C. The van der Waals surface area contributed by atoms with Gasteiger partial charge in [0.25, 0.3) is 0 Å². The van der Waals surface area contributed by atoms with E-state index in [-0.39, 0.29) is 11.6 Å². The van der Waals surface area contributed by atoms with Crippen LogP contribution in [0.15, 0.2) is 0 Å². The Bertz CT molecular complexity index is 506. The van der Waals surface area contributed by atoms with Crippen LogP contribution in [-0.2, 0) is 6.42 Å². The highest BCUT2D eigenvalue weighted by Gasteiger charge is 2.35. The summed E-state index contributed by atoms with van der Waals surface area (Å²) < 4.78 is 4.47. The van der Waals surface area contributed by atoms with E-state index in [1.54, 1.807) is 4.90 Å². The summed E-state index contributed by atoms with van der Waals surface area (Å²) in [5, 5.41) is 0.979. The lowest BCUT2D eigenvalue weighted by Gasteiger charge is -2.46. The monoisotopic (exact) mass is 296 g/mol. The quantitative estimate of drug-likeness (QED) is 0.842. The Morgan fingerprint density at radius 2 is 1.95 bits per heavy atom. The van der Waals surface area contributed by atoms with Gasteiger partial charge in [0, 0.05) is 18.2 Å². The van der Waals surface area contributed by atoms with Gasteiger partial charge in [0.15, 0.2) is 0 Å². The van der Waals surface area contributed by atoms with Gasteiger partial charge in [0.2, 0.25) is 0 Å². The first kappa shape index (κ1) is 15.3. The fourth-order valence-electron chi connectivity index (χ4n) is 2.31. The molecule has 0 radical (unpaired) electrons. The molecule has 0 unspecified atom stereocenters. The molecule has 1 aromatic heterocycles. The molecule has 1 fully saturated rings. The van der Waals surface area contributed by atoms with E-state index in [0.29, 0.717) is 13.3 Å². The van der Waals surface area contributed by atoms with Gasteiger partial charge in [-0.25, -0.2) is 4.79 Å². The largest absolute Gasteiger partial charge is 0.327 e. The summed E-state index contributed by atoms with van der Waals surface area (Å²) in [6, 6.07) is 0.0555. The highest BCUT2D eigenvalue weighted by Crippen LogP contribution is 2.32. The van der Waals surface area contributed by atoms with Gasteiger partial charge in [-0.05, 0) is 45.6 Å². The second-order valence-electron chi connectivity index (χ2n) is 6.32. The summed E-state index contributed by atoms with van der Waals surface area (Å²) in [6.07, 6.45) is 0.906. The van der Waals surface area contributed by atoms with E-state index >= 15 is 0 Å². The third-order valence-electron chi connectivity index (χ3n) is 3.78. The van der Waals surface area contributed by atoms with E-state index in [9.17, 15) is 4.79 Å². The number of aryl methyl sites for hydroxylation is 1. The van der Waals surface area contributed by atoms with E-state index in [1.807, 2.05) is 11.9 Å². The molecular weight excluding hydrogens is 272 g/mol. The van der Waals surface area contributed by atoms with E-state index in [0.717, 1.165) is 22.7 Å². The number of nitrogens with zero attached hydrogens (tertiary/aromatic N) is 4. The van der Waals surface area contributed by atoms with Gasteiger partial charge in [0.1, 0.15) is 5.00 Å². The van der Waals surface area contributed by atoms with Crippen molar-refractivity contribution in [3.8, 4) is 0 Å². The predicted octanol–water partition coefficient (Wildman–Crippen LogP) is 2.90. The molecule has 0 spiro atoms. The van der Waals surface area contributed by atoms with Crippen molar-refractivity contribution >= 4 is 22.6 Å². The highest BCUT2D eigenvalue weighted by atomic mass is 32.1. The van der Waals surface area contributed by atoms with Crippen molar-refractivity contribution in [2.24, 2.45) is 0 Å². The molecule has 0 N–H and O–H groups in total. The van der Waals surface area contributed by atoms with Gasteiger partial charge >= 0.3 is 6.03 Å². The second-order valence-corrected chi connectivity index (χ2v) is 7.07. The van der Waals surface area contributed by atoms with Crippen molar-refractivity contribution in [2.75, 3.05) is 25.3 Å². The molecule has 0 aromatic carbocycles. The van der Waals surface area contributed by atoms with Crippen LogP contribution in [0.25, 0.3) is 0 Å². The summed E-state index contributed by atoms with van der Waals surface area (Å²) in [6.45, 7) is 12.0. The normalized spacial score (nSPS) is 18.0. The Labute approximate surface area is 125 Å². The van der Waals surface area contributed by atoms with E-state index in [4.69, 9.17) is 0 Å². The van der Waals surface area contributed by atoms with Crippen molar-refractivity contribution in [2.45, 2.75) is 46.6 Å². The molecule has 1 aliphatic rings. The van der Waals surface area contributed by atoms with Crippen LogP contribution in [0, 0.1) is 6.92 Å². The molecule has 2 rings (SSSR count). The van der Waals surface area contributed by atoms with Gasteiger partial charge in [-0.1, -0.05) is 6.92 Å². The van der Waals surface area contributed by atoms with Crippen LogP contribution in [-0.4, -0.2) is 46.1 Å². The lowest BCUT2D eigenvalue weighted by molar-refractivity contribution is 0.0620. The number of urea groups is 1. The molecule has 112 valence electrons. The summed E-state index contributed by atoms with van der Waals surface area (Å²) in [5.74, 6) is 0. The van der Waals surface area contributed by atoms with Crippen LogP contribution in [0.2, 0.25) is 0 Å². The fourth-order valence-corrected chi connectivity index (χ4v) is 3.27. The summed E-state index contributed by atoms with van der Waals surface area (Å²) >= 11 is 1.43. The second kappa shape index (κ2) is 5.33. The molecule has 0 saturated carbocycles. The molecular formula is C14H24N4OS. The Balaban J connectivity index is 2.33. The first-order chi connectivity index (χ1) is 9.25. The number of amides is 2. The van der Waals surface area contributed by atoms with Crippen molar-refractivity contribution in [3.05, 3.63) is 11.3 Å². The lowest BCUT2D eigenvalue weighted by Crippen LogP contribution is -2.61. The Morgan fingerprint density at radius 1 is 1.30 bits per heavy atom. The Kier molecular flexibility index (Phi) is 4.07. The van der Waals surface area contributed by atoms with Crippen molar-refractivity contribution < 1.29 is 4.79 Å². The topological polar surface area (TPSA) is 39.7 Å². The first-order valence-corrected chi connectivity index (χ1v) is 7.76. The van der Waals surface area contributed by atoms with E-state index in [1.165, 1.54) is 11.5 Å². The maximum atomic E-state index is 12.5. The zero-order chi connectivity index (χ0) is 15.1. The van der Waals surface area contributed by atoms with Gasteiger partial charge in [0.05, 0.1) is 19.0 Å². The number of carbonyl (C=O) groups excluding carboxylic acids is 1. The van der Waals surface area contributed by atoms with Crippen molar-refractivity contribution in [1.29, 1.82) is 0 Å². The third-order valence-corrected chi connectivity index (χ3v) is 4.79.